The highest BCUT2D eigenvalue weighted by molar-refractivity contribution is 8.00. The van der Waals surface area contributed by atoms with Gasteiger partial charge in [-0.15, -0.1) is 23.1 Å². The van der Waals surface area contributed by atoms with Crippen molar-refractivity contribution in [2.75, 3.05) is 18.2 Å². The Bertz CT molecular complexity index is 901. The Morgan fingerprint density at radius 1 is 1.46 bits per heavy atom. The van der Waals surface area contributed by atoms with Crippen molar-refractivity contribution in [1.29, 1.82) is 0 Å². The van der Waals surface area contributed by atoms with Crippen LogP contribution in [-0.2, 0) is 21.2 Å². The van der Waals surface area contributed by atoms with Crippen LogP contribution in [0.1, 0.15) is 10.7 Å². The number of halogens is 1. The van der Waals surface area contributed by atoms with Gasteiger partial charge >= 0.3 is 0 Å². The van der Waals surface area contributed by atoms with E-state index in [0.29, 0.717) is 18.7 Å². The third-order valence-corrected chi connectivity index (χ3v) is 7.74. The molecule has 1 aromatic carbocycles. The standard InChI is InChI=1S/C16H18FN3O3S3/c1-11-19-13(8-25-11)5-6-18-16(21)15-9-24-10-20(15)26(22,23)14-4-2-3-12(17)7-14/h2-4,7-8,15H,5-6,9-10H2,1H3,(H,18,21)/t15-/m1/s1. The number of aryl methyl sites for hydroxylation is 1. The molecule has 26 heavy (non-hydrogen) atoms. The molecule has 2 heterocycles. The molecule has 1 saturated heterocycles. The van der Waals surface area contributed by atoms with E-state index in [0.717, 1.165) is 21.1 Å². The van der Waals surface area contributed by atoms with Crippen molar-refractivity contribution in [3.05, 3.63) is 46.2 Å². The molecule has 1 aromatic heterocycles. The Kier molecular flexibility index (Phi) is 5.96. The van der Waals surface area contributed by atoms with Gasteiger partial charge in [-0.2, -0.15) is 4.31 Å². The van der Waals surface area contributed by atoms with Gasteiger partial charge in [-0.1, -0.05) is 6.07 Å². The van der Waals surface area contributed by atoms with Gasteiger partial charge in [0.25, 0.3) is 0 Å². The normalized spacial score (nSPS) is 18.2. The molecule has 0 bridgehead atoms. The minimum atomic E-state index is -3.93. The Morgan fingerprint density at radius 3 is 2.96 bits per heavy atom. The van der Waals surface area contributed by atoms with Gasteiger partial charge in [0, 0.05) is 24.1 Å². The number of nitrogens with zero attached hydrogens (tertiary/aromatic N) is 2. The van der Waals surface area contributed by atoms with Crippen LogP contribution in [0.15, 0.2) is 34.5 Å². The fourth-order valence-electron chi connectivity index (χ4n) is 2.59. The van der Waals surface area contributed by atoms with E-state index in [9.17, 15) is 17.6 Å². The predicted octanol–water partition coefficient (Wildman–Crippen LogP) is 2.01. The maximum absolute atomic E-state index is 13.4. The molecule has 10 heteroatoms. The second kappa shape index (κ2) is 8.03. The van der Waals surface area contributed by atoms with Gasteiger partial charge in [0.15, 0.2) is 0 Å². The lowest BCUT2D eigenvalue weighted by Gasteiger charge is -2.22. The molecule has 1 N–H and O–H groups in total. The van der Waals surface area contributed by atoms with Crippen LogP contribution >= 0.6 is 23.1 Å². The first-order valence-corrected chi connectivity index (χ1v) is 11.4. The highest BCUT2D eigenvalue weighted by Crippen LogP contribution is 2.28. The van der Waals surface area contributed by atoms with E-state index < -0.39 is 21.9 Å². The molecule has 140 valence electrons. The zero-order valence-electron chi connectivity index (χ0n) is 14.0. The number of rotatable bonds is 6. The zero-order valence-corrected chi connectivity index (χ0v) is 16.5. The number of amides is 1. The predicted molar refractivity (Wildman–Crippen MR) is 100 cm³/mol. The summed E-state index contributed by atoms with van der Waals surface area (Å²) >= 11 is 2.90. The van der Waals surface area contributed by atoms with E-state index in [2.05, 4.69) is 10.3 Å². The van der Waals surface area contributed by atoms with Gasteiger partial charge in [-0.25, -0.2) is 17.8 Å². The highest BCUT2D eigenvalue weighted by Gasteiger charge is 2.40. The van der Waals surface area contributed by atoms with Crippen molar-refractivity contribution in [3.63, 3.8) is 0 Å². The number of sulfonamides is 1. The summed E-state index contributed by atoms with van der Waals surface area (Å²) in [6, 6.07) is 4.03. The number of hydrogen-bond donors (Lipinski definition) is 1. The molecule has 1 aliphatic rings. The topological polar surface area (TPSA) is 79.4 Å². The van der Waals surface area contributed by atoms with Gasteiger partial charge in [0.05, 0.1) is 21.5 Å². The number of carbonyl (C=O) groups is 1. The first kappa shape index (κ1) is 19.3. The van der Waals surface area contributed by atoms with Gasteiger partial charge in [0.1, 0.15) is 11.9 Å². The van der Waals surface area contributed by atoms with Gasteiger partial charge in [0.2, 0.25) is 15.9 Å². The van der Waals surface area contributed by atoms with Crippen molar-refractivity contribution < 1.29 is 17.6 Å². The lowest BCUT2D eigenvalue weighted by atomic mass is 10.3. The minimum Gasteiger partial charge on any atom is -0.354 e. The molecule has 1 amide bonds. The summed E-state index contributed by atoms with van der Waals surface area (Å²) in [5.41, 5.74) is 0.901. The SMILES string of the molecule is Cc1nc(CCNC(=O)[C@H]2CSCN2S(=O)(=O)c2cccc(F)c2)cs1. The molecular weight excluding hydrogens is 397 g/mol. The smallest absolute Gasteiger partial charge is 0.244 e. The van der Waals surface area contributed by atoms with E-state index >= 15 is 0 Å². The van der Waals surface area contributed by atoms with Crippen LogP contribution in [0.2, 0.25) is 0 Å². The summed E-state index contributed by atoms with van der Waals surface area (Å²) in [7, 11) is -3.93. The summed E-state index contributed by atoms with van der Waals surface area (Å²) in [6.45, 7) is 2.30. The third-order valence-electron chi connectivity index (χ3n) is 3.89. The summed E-state index contributed by atoms with van der Waals surface area (Å²) in [4.78, 5) is 16.7. The van der Waals surface area contributed by atoms with Crippen molar-refractivity contribution in [1.82, 2.24) is 14.6 Å². The van der Waals surface area contributed by atoms with Crippen LogP contribution in [0.25, 0.3) is 0 Å². The third kappa shape index (κ3) is 4.25. The number of hydrogen-bond acceptors (Lipinski definition) is 6. The minimum absolute atomic E-state index is 0.143. The second-order valence-electron chi connectivity index (χ2n) is 5.76. The molecule has 0 spiro atoms. The first-order chi connectivity index (χ1) is 12.4. The summed E-state index contributed by atoms with van der Waals surface area (Å²) in [5.74, 6) is -0.433. The maximum Gasteiger partial charge on any atom is 0.244 e. The van der Waals surface area contributed by atoms with Crippen LogP contribution in [0.4, 0.5) is 4.39 Å². The van der Waals surface area contributed by atoms with Crippen LogP contribution in [0.3, 0.4) is 0 Å². The highest BCUT2D eigenvalue weighted by atomic mass is 32.2. The number of carbonyl (C=O) groups excluding carboxylic acids is 1. The van der Waals surface area contributed by atoms with Crippen LogP contribution in [0, 0.1) is 12.7 Å². The van der Waals surface area contributed by atoms with Crippen LogP contribution in [-0.4, -0.2) is 47.8 Å². The van der Waals surface area contributed by atoms with Crippen LogP contribution < -0.4 is 5.32 Å². The van der Waals surface area contributed by atoms with E-state index in [-0.39, 0.29) is 16.7 Å². The fourth-order valence-corrected chi connectivity index (χ4v) is 6.42. The molecule has 0 unspecified atom stereocenters. The van der Waals surface area contributed by atoms with Crippen molar-refractivity contribution in [2.24, 2.45) is 0 Å². The molecule has 0 saturated carbocycles. The number of thiazole rings is 1. The molecule has 0 radical (unpaired) electrons. The lowest BCUT2D eigenvalue weighted by molar-refractivity contribution is -0.123. The maximum atomic E-state index is 13.4. The van der Waals surface area contributed by atoms with E-state index in [1.807, 2.05) is 12.3 Å². The largest absolute Gasteiger partial charge is 0.354 e. The quantitative estimate of drug-likeness (QED) is 0.781. The molecule has 3 rings (SSSR count). The van der Waals surface area contributed by atoms with Crippen molar-refractivity contribution >= 4 is 39.0 Å². The number of nitrogens with one attached hydrogen (secondary N) is 1. The average molecular weight is 416 g/mol. The van der Waals surface area contributed by atoms with Crippen molar-refractivity contribution in [2.45, 2.75) is 24.3 Å². The Morgan fingerprint density at radius 2 is 2.27 bits per heavy atom. The number of aromatic nitrogens is 1. The summed E-state index contributed by atoms with van der Waals surface area (Å²) < 4.78 is 40.0. The molecule has 0 aliphatic carbocycles. The van der Waals surface area contributed by atoms with E-state index in [1.165, 1.54) is 30.0 Å². The fraction of sp³-hybridized carbons (Fsp3) is 0.375. The molecule has 6 nitrogen and oxygen atoms in total. The average Bonchev–Trinajstić information content (AvgIpc) is 3.24. The Labute approximate surface area is 159 Å². The summed E-state index contributed by atoms with van der Waals surface area (Å²) in [5, 5.41) is 5.68. The molecule has 1 atom stereocenters. The molecular formula is C16H18FN3O3S3. The van der Waals surface area contributed by atoms with E-state index in [4.69, 9.17) is 0 Å². The number of benzene rings is 1. The van der Waals surface area contributed by atoms with E-state index in [1.54, 1.807) is 11.3 Å². The van der Waals surface area contributed by atoms with Crippen LogP contribution in [0.5, 0.6) is 0 Å². The molecule has 1 aliphatic heterocycles. The Hall–Kier alpha value is -1.49. The van der Waals surface area contributed by atoms with Gasteiger partial charge in [-0.05, 0) is 25.1 Å². The lowest BCUT2D eigenvalue weighted by Crippen LogP contribution is -2.47. The molecule has 2 aromatic rings. The molecule has 1 fully saturated rings. The van der Waals surface area contributed by atoms with Gasteiger partial charge in [-0.3, -0.25) is 4.79 Å². The number of thioether (sulfide) groups is 1. The zero-order chi connectivity index (χ0) is 18.7. The first-order valence-electron chi connectivity index (χ1n) is 7.92. The monoisotopic (exact) mass is 415 g/mol. The second-order valence-corrected chi connectivity index (χ2v) is 9.72. The Balaban J connectivity index is 1.66. The summed E-state index contributed by atoms with van der Waals surface area (Å²) in [6.07, 6.45) is 0.590. The van der Waals surface area contributed by atoms with Gasteiger partial charge < -0.3 is 5.32 Å². The van der Waals surface area contributed by atoms with Crippen molar-refractivity contribution in [3.8, 4) is 0 Å².